The summed E-state index contributed by atoms with van der Waals surface area (Å²) >= 11 is 0. The molecule has 1 fully saturated rings. The number of aryl methyl sites for hydroxylation is 1. The summed E-state index contributed by atoms with van der Waals surface area (Å²) in [6.45, 7) is 3.67. The Balaban J connectivity index is 2.07. The van der Waals surface area contributed by atoms with Gasteiger partial charge in [0.2, 0.25) is 0 Å². The maximum Gasteiger partial charge on any atom is 0.251 e. The van der Waals surface area contributed by atoms with Crippen LogP contribution in [-0.2, 0) is 4.74 Å². The number of carbonyl (C=O) groups excluding carboxylic acids is 1. The highest BCUT2D eigenvalue weighted by atomic mass is 16.5. The molecule has 1 aliphatic rings. The molecular formula is C14H20N2O2. The van der Waals surface area contributed by atoms with Crippen LogP contribution >= 0.6 is 0 Å². The van der Waals surface area contributed by atoms with E-state index in [0.29, 0.717) is 11.6 Å². The van der Waals surface area contributed by atoms with Crippen LogP contribution in [-0.4, -0.2) is 32.2 Å². The number of nitrogens with one attached hydrogen (secondary N) is 2. The molecular weight excluding hydrogens is 228 g/mol. The second-order valence-corrected chi connectivity index (χ2v) is 4.64. The van der Waals surface area contributed by atoms with Crippen LogP contribution in [0, 0.1) is 6.92 Å². The molecule has 1 aromatic carbocycles. The van der Waals surface area contributed by atoms with Crippen molar-refractivity contribution in [1.29, 1.82) is 0 Å². The minimum atomic E-state index is -0.0456. The number of ether oxygens (including phenoxy) is 1. The minimum Gasteiger partial charge on any atom is -0.382 e. The van der Waals surface area contributed by atoms with Crippen LogP contribution in [0.1, 0.15) is 28.8 Å². The number of rotatable bonds is 3. The molecule has 0 unspecified atom stereocenters. The molecule has 0 saturated carbocycles. The zero-order valence-electron chi connectivity index (χ0n) is 11.0. The molecule has 0 bridgehead atoms. The first-order chi connectivity index (χ1) is 8.70. The topological polar surface area (TPSA) is 50.4 Å². The molecule has 1 aliphatic heterocycles. The van der Waals surface area contributed by atoms with E-state index in [1.165, 1.54) is 0 Å². The highest BCUT2D eigenvalue weighted by Gasteiger charge is 2.14. The van der Waals surface area contributed by atoms with E-state index in [1.807, 2.05) is 25.1 Å². The van der Waals surface area contributed by atoms with Crippen molar-refractivity contribution in [2.24, 2.45) is 0 Å². The summed E-state index contributed by atoms with van der Waals surface area (Å²) in [4.78, 5) is 11.5. The average molecular weight is 248 g/mol. The Morgan fingerprint density at radius 2 is 2.06 bits per heavy atom. The largest absolute Gasteiger partial charge is 0.382 e. The normalized spacial score (nSPS) is 16.3. The van der Waals surface area contributed by atoms with Gasteiger partial charge in [-0.05, 0) is 43.5 Å². The van der Waals surface area contributed by atoms with Gasteiger partial charge in [0.15, 0.2) is 0 Å². The Labute approximate surface area is 108 Å². The lowest BCUT2D eigenvalue weighted by molar-refractivity contribution is 0.0904. The van der Waals surface area contributed by atoms with Crippen molar-refractivity contribution in [3.05, 3.63) is 29.3 Å². The molecule has 1 amide bonds. The number of carbonyl (C=O) groups is 1. The third kappa shape index (κ3) is 3.01. The molecule has 1 saturated heterocycles. The van der Waals surface area contributed by atoms with Crippen LogP contribution in [0.15, 0.2) is 18.2 Å². The Morgan fingerprint density at radius 3 is 2.67 bits per heavy atom. The predicted octanol–water partition coefficient (Wildman–Crippen LogP) is 1.95. The molecule has 4 heteroatoms. The van der Waals surface area contributed by atoms with E-state index < -0.39 is 0 Å². The molecule has 0 spiro atoms. The van der Waals surface area contributed by atoms with Crippen molar-refractivity contribution in [3.8, 4) is 0 Å². The van der Waals surface area contributed by atoms with Crippen LogP contribution in [0.5, 0.6) is 0 Å². The van der Waals surface area contributed by atoms with Gasteiger partial charge in [0.1, 0.15) is 0 Å². The van der Waals surface area contributed by atoms with Gasteiger partial charge >= 0.3 is 0 Å². The van der Waals surface area contributed by atoms with Gasteiger partial charge in [0.05, 0.1) is 0 Å². The van der Waals surface area contributed by atoms with Crippen LogP contribution in [0.3, 0.4) is 0 Å². The summed E-state index contributed by atoms with van der Waals surface area (Å²) in [5.41, 5.74) is 2.91. The number of hydrogen-bond acceptors (Lipinski definition) is 3. The number of amides is 1. The molecule has 0 atom stereocenters. The van der Waals surface area contributed by atoms with Gasteiger partial charge in [-0.2, -0.15) is 0 Å². The lowest BCUT2D eigenvalue weighted by Crippen LogP contribution is -2.28. The quantitative estimate of drug-likeness (QED) is 0.859. The minimum absolute atomic E-state index is 0.0456. The van der Waals surface area contributed by atoms with E-state index in [4.69, 9.17) is 4.74 Å². The second kappa shape index (κ2) is 5.87. The number of benzene rings is 1. The standard InChI is InChI=1S/C14H20N2O2/c1-10-9-11(14(17)15-2)3-4-13(10)16-12-5-7-18-8-6-12/h3-4,9,12,16H,5-8H2,1-2H3,(H,15,17). The van der Waals surface area contributed by atoms with Crippen molar-refractivity contribution in [1.82, 2.24) is 5.32 Å². The molecule has 2 N–H and O–H groups in total. The highest BCUT2D eigenvalue weighted by molar-refractivity contribution is 5.94. The van der Waals surface area contributed by atoms with Crippen molar-refractivity contribution in [3.63, 3.8) is 0 Å². The average Bonchev–Trinajstić information content (AvgIpc) is 2.41. The summed E-state index contributed by atoms with van der Waals surface area (Å²) in [6.07, 6.45) is 2.08. The van der Waals surface area contributed by atoms with Crippen LogP contribution in [0.2, 0.25) is 0 Å². The van der Waals surface area contributed by atoms with E-state index in [0.717, 1.165) is 37.3 Å². The Kier molecular flexibility index (Phi) is 4.20. The first kappa shape index (κ1) is 12.9. The molecule has 0 aliphatic carbocycles. The lowest BCUT2D eigenvalue weighted by atomic mass is 10.1. The zero-order valence-corrected chi connectivity index (χ0v) is 11.0. The predicted molar refractivity (Wildman–Crippen MR) is 72.0 cm³/mol. The number of anilines is 1. The first-order valence-corrected chi connectivity index (χ1v) is 6.37. The monoisotopic (exact) mass is 248 g/mol. The van der Waals surface area contributed by atoms with Gasteiger partial charge < -0.3 is 15.4 Å². The Morgan fingerprint density at radius 1 is 1.33 bits per heavy atom. The molecule has 0 aromatic heterocycles. The van der Waals surface area contributed by atoms with E-state index >= 15 is 0 Å². The number of hydrogen-bond donors (Lipinski definition) is 2. The maximum atomic E-state index is 11.5. The summed E-state index contributed by atoms with van der Waals surface area (Å²) in [5, 5.41) is 6.16. The molecule has 4 nitrogen and oxygen atoms in total. The molecule has 1 heterocycles. The molecule has 2 rings (SSSR count). The van der Waals surface area contributed by atoms with Crippen LogP contribution < -0.4 is 10.6 Å². The molecule has 1 aromatic rings. The van der Waals surface area contributed by atoms with Gasteiger partial charge in [0, 0.05) is 37.6 Å². The van der Waals surface area contributed by atoms with Gasteiger partial charge in [-0.1, -0.05) is 0 Å². The summed E-state index contributed by atoms with van der Waals surface area (Å²) in [5.74, 6) is -0.0456. The van der Waals surface area contributed by atoms with E-state index in [2.05, 4.69) is 10.6 Å². The molecule has 0 radical (unpaired) electrons. The van der Waals surface area contributed by atoms with E-state index in [1.54, 1.807) is 7.05 Å². The van der Waals surface area contributed by atoms with Gasteiger partial charge in [-0.25, -0.2) is 0 Å². The molecule has 18 heavy (non-hydrogen) atoms. The highest BCUT2D eigenvalue weighted by Crippen LogP contribution is 2.20. The van der Waals surface area contributed by atoms with E-state index in [-0.39, 0.29) is 5.91 Å². The molecule has 98 valence electrons. The summed E-state index contributed by atoms with van der Waals surface area (Å²) in [7, 11) is 1.64. The fraction of sp³-hybridized carbons (Fsp3) is 0.500. The Bertz CT molecular complexity index is 426. The van der Waals surface area contributed by atoms with Crippen LogP contribution in [0.4, 0.5) is 5.69 Å². The van der Waals surface area contributed by atoms with E-state index in [9.17, 15) is 4.79 Å². The van der Waals surface area contributed by atoms with Gasteiger partial charge in [-0.3, -0.25) is 4.79 Å². The van der Waals surface area contributed by atoms with Crippen molar-refractivity contribution in [2.45, 2.75) is 25.8 Å². The van der Waals surface area contributed by atoms with Crippen molar-refractivity contribution >= 4 is 11.6 Å². The SMILES string of the molecule is CNC(=O)c1ccc(NC2CCOCC2)c(C)c1. The van der Waals surface area contributed by atoms with Gasteiger partial charge in [0.25, 0.3) is 5.91 Å². The third-order valence-corrected chi connectivity index (χ3v) is 3.30. The van der Waals surface area contributed by atoms with Gasteiger partial charge in [-0.15, -0.1) is 0 Å². The fourth-order valence-corrected chi connectivity index (χ4v) is 2.17. The van der Waals surface area contributed by atoms with Crippen molar-refractivity contribution in [2.75, 3.05) is 25.6 Å². The maximum absolute atomic E-state index is 11.5. The van der Waals surface area contributed by atoms with Crippen molar-refractivity contribution < 1.29 is 9.53 Å². The lowest BCUT2D eigenvalue weighted by Gasteiger charge is -2.25. The second-order valence-electron chi connectivity index (χ2n) is 4.64. The third-order valence-electron chi connectivity index (χ3n) is 3.30. The summed E-state index contributed by atoms with van der Waals surface area (Å²) in [6, 6.07) is 6.23. The first-order valence-electron chi connectivity index (χ1n) is 6.37. The summed E-state index contributed by atoms with van der Waals surface area (Å²) < 4.78 is 5.34. The zero-order chi connectivity index (χ0) is 13.0. The smallest absolute Gasteiger partial charge is 0.251 e. The Hall–Kier alpha value is -1.55. The van der Waals surface area contributed by atoms with Crippen LogP contribution in [0.25, 0.3) is 0 Å². The fourth-order valence-electron chi connectivity index (χ4n) is 2.17.